The Kier molecular flexibility index (Phi) is 8.21. The lowest BCUT2D eigenvalue weighted by Gasteiger charge is -2.31. The Bertz CT molecular complexity index is 871. The van der Waals surface area contributed by atoms with Crippen molar-refractivity contribution in [1.29, 1.82) is 0 Å². The molecule has 2 aromatic rings. The van der Waals surface area contributed by atoms with Crippen LogP contribution in [0.1, 0.15) is 59.8 Å². The molecule has 2 saturated heterocycles. The summed E-state index contributed by atoms with van der Waals surface area (Å²) in [7, 11) is 3.53. The van der Waals surface area contributed by atoms with Crippen LogP contribution in [0.3, 0.4) is 0 Å². The highest BCUT2D eigenvalue weighted by Gasteiger charge is 2.25. The number of thioether (sulfide) groups is 1. The van der Waals surface area contributed by atoms with Crippen LogP contribution in [0.5, 0.6) is 0 Å². The first-order valence-electron chi connectivity index (χ1n) is 11.8. The van der Waals surface area contributed by atoms with Gasteiger partial charge in [-0.25, -0.2) is 4.79 Å². The van der Waals surface area contributed by atoms with Crippen molar-refractivity contribution in [1.82, 2.24) is 24.6 Å². The van der Waals surface area contributed by atoms with Crippen molar-refractivity contribution in [3.05, 3.63) is 41.2 Å². The summed E-state index contributed by atoms with van der Waals surface area (Å²) in [5, 5.41) is 10.1. The standard InChI is InChI=1S/C24H35N5O2S/c1-27-22(25-26-24(27)32-17-16-28-12-4-3-5-13-28)20-10-14-29(15-11-20)18-19-6-8-21(9-7-19)23(30)31-2/h6-9,20H,3-5,10-18H2,1-2H3. The van der Waals surface area contributed by atoms with E-state index in [2.05, 4.69) is 31.6 Å². The van der Waals surface area contributed by atoms with Crippen molar-refractivity contribution in [3.8, 4) is 0 Å². The summed E-state index contributed by atoms with van der Waals surface area (Å²) in [6.45, 7) is 6.65. The maximum absolute atomic E-state index is 11.6. The third-order valence-electron chi connectivity index (χ3n) is 6.69. The molecule has 2 aliphatic rings. The summed E-state index contributed by atoms with van der Waals surface area (Å²) < 4.78 is 6.99. The van der Waals surface area contributed by atoms with Gasteiger partial charge in [-0.2, -0.15) is 0 Å². The lowest BCUT2D eigenvalue weighted by atomic mass is 9.95. The SMILES string of the molecule is COC(=O)c1ccc(CN2CCC(c3nnc(SCCN4CCCCC4)n3C)CC2)cc1. The van der Waals surface area contributed by atoms with Crippen molar-refractivity contribution in [2.75, 3.05) is 45.6 Å². The lowest BCUT2D eigenvalue weighted by Crippen LogP contribution is -2.33. The second-order valence-electron chi connectivity index (χ2n) is 8.89. The van der Waals surface area contributed by atoms with Gasteiger partial charge in [0.1, 0.15) is 5.82 Å². The number of carbonyl (C=O) groups is 1. The van der Waals surface area contributed by atoms with Crippen LogP contribution in [0, 0.1) is 0 Å². The van der Waals surface area contributed by atoms with E-state index in [9.17, 15) is 4.79 Å². The number of aromatic nitrogens is 3. The quantitative estimate of drug-likeness (QED) is 0.444. The molecule has 8 heteroatoms. The van der Waals surface area contributed by atoms with Crippen molar-refractivity contribution in [2.24, 2.45) is 7.05 Å². The molecule has 3 heterocycles. The number of piperidine rings is 2. The third-order valence-corrected chi connectivity index (χ3v) is 7.69. The van der Waals surface area contributed by atoms with E-state index in [1.165, 1.54) is 45.0 Å². The van der Waals surface area contributed by atoms with Crippen LogP contribution >= 0.6 is 11.8 Å². The second kappa shape index (κ2) is 11.3. The van der Waals surface area contributed by atoms with Crippen LogP contribution in [0.15, 0.2) is 29.4 Å². The molecule has 2 aliphatic heterocycles. The van der Waals surface area contributed by atoms with Gasteiger partial charge >= 0.3 is 5.97 Å². The van der Waals surface area contributed by atoms with Crippen LogP contribution in [-0.4, -0.2) is 76.1 Å². The van der Waals surface area contributed by atoms with Crippen molar-refractivity contribution in [3.63, 3.8) is 0 Å². The first-order valence-corrected chi connectivity index (χ1v) is 12.8. The molecule has 0 N–H and O–H groups in total. The Morgan fingerprint density at radius 3 is 2.44 bits per heavy atom. The smallest absolute Gasteiger partial charge is 0.337 e. The number of ether oxygens (including phenoxy) is 1. The normalized spacial score (nSPS) is 18.7. The number of carbonyl (C=O) groups excluding carboxylic acids is 1. The minimum Gasteiger partial charge on any atom is -0.465 e. The fourth-order valence-electron chi connectivity index (χ4n) is 4.73. The molecular formula is C24H35N5O2S. The van der Waals surface area contributed by atoms with E-state index in [1.54, 1.807) is 0 Å². The third kappa shape index (κ3) is 5.91. The molecule has 2 fully saturated rings. The molecule has 0 saturated carbocycles. The molecule has 0 unspecified atom stereocenters. The van der Waals surface area contributed by atoms with Gasteiger partial charge in [0.15, 0.2) is 5.16 Å². The van der Waals surface area contributed by atoms with E-state index in [0.29, 0.717) is 11.5 Å². The van der Waals surface area contributed by atoms with Crippen LogP contribution in [-0.2, 0) is 18.3 Å². The van der Waals surface area contributed by atoms with Crippen molar-refractivity contribution >= 4 is 17.7 Å². The minimum absolute atomic E-state index is 0.287. The number of methoxy groups -OCH3 is 1. The Morgan fingerprint density at radius 1 is 1.03 bits per heavy atom. The van der Waals surface area contributed by atoms with E-state index in [0.717, 1.165) is 55.8 Å². The Balaban J connectivity index is 1.24. The molecule has 174 valence electrons. The van der Waals surface area contributed by atoms with E-state index >= 15 is 0 Å². The monoisotopic (exact) mass is 457 g/mol. The molecule has 0 aliphatic carbocycles. The van der Waals surface area contributed by atoms with Gasteiger partial charge in [0, 0.05) is 31.8 Å². The first-order chi connectivity index (χ1) is 15.6. The van der Waals surface area contributed by atoms with Gasteiger partial charge in [-0.05, 0) is 69.6 Å². The highest BCUT2D eigenvalue weighted by molar-refractivity contribution is 7.99. The van der Waals surface area contributed by atoms with Crippen LogP contribution < -0.4 is 0 Å². The Labute approximate surface area is 195 Å². The highest BCUT2D eigenvalue weighted by atomic mass is 32.2. The summed E-state index contributed by atoms with van der Waals surface area (Å²) in [6.07, 6.45) is 6.28. The summed E-state index contributed by atoms with van der Waals surface area (Å²) >= 11 is 1.84. The number of nitrogens with zero attached hydrogens (tertiary/aromatic N) is 5. The van der Waals surface area contributed by atoms with E-state index in [4.69, 9.17) is 4.74 Å². The van der Waals surface area contributed by atoms with Crippen LogP contribution in [0.25, 0.3) is 0 Å². The largest absolute Gasteiger partial charge is 0.465 e. The summed E-state index contributed by atoms with van der Waals surface area (Å²) in [6, 6.07) is 7.73. The van der Waals surface area contributed by atoms with Gasteiger partial charge in [0.05, 0.1) is 12.7 Å². The molecular weight excluding hydrogens is 422 g/mol. The topological polar surface area (TPSA) is 63.5 Å². The molecule has 0 amide bonds. The maximum atomic E-state index is 11.6. The number of esters is 1. The second-order valence-corrected chi connectivity index (χ2v) is 9.95. The number of hydrogen-bond acceptors (Lipinski definition) is 7. The minimum atomic E-state index is -0.287. The number of rotatable bonds is 8. The molecule has 1 aromatic heterocycles. The van der Waals surface area contributed by atoms with Gasteiger partial charge < -0.3 is 14.2 Å². The summed E-state index contributed by atoms with van der Waals surface area (Å²) in [5.74, 6) is 2.40. The molecule has 1 aromatic carbocycles. The highest BCUT2D eigenvalue weighted by Crippen LogP contribution is 2.29. The average Bonchev–Trinajstić information content (AvgIpc) is 3.20. The number of likely N-dealkylation sites (tertiary alicyclic amines) is 2. The van der Waals surface area contributed by atoms with Gasteiger partial charge in [-0.3, -0.25) is 4.90 Å². The van der Waals surface area contributed by atoms with Crippen LogP contribution in [0.4, 0.5) is 0 Å². The molecule has 0 spiro atoms. The molecule has 32 heavy (non-hydrogen) atoms. The zero-order valence-corrected chi connectivity index (χ0v) is 20.1. The zero-order chi connectivity index (χ0) is 22.3. The summed E-state index contributed by atoms with van der Waals surface area (Å²) in [4.78, 5) is 16.7. The lowest BCUT2D eigenvalue weighted by molar-refractivity contribution is 0.0600. The molecule has 0 bridgehead atoms. The predicted molar refractivity (Wildman–Crippen MR) is 127 cm³/mol. The van der Waals surface area contributed by atoms with Gasteiger partial charge in [-0.15, -0.1) is 10.2 Å². The van der Waals surface area contributed by atoms with E-state index < -0.39 is 0 Å². The van der Waals surface area contributed by atoms with Crippen molar-refractivity contribution in [2.45, 2.75) is 49.7 Å². The van der Waals surface area contributed by atoms with E-state index in [-0.39, 0.29) is 5.97 Å². The maximum Gasteiger partial charge on any atom is 0.337 e. The fraction of sp³-hybridized carbons (Fsp3) is 0.625. The van der Waals surface area contributed by atoms with Gasteiger partial charge in [-0.1, -0.05) is 30.3 Å². The number of benzene rings is 1. The average molecular weight is 458 g/mol. The first kappa shape index (κ1) is 23.3. The molecule has 0 radical (unpaired) electrons. The molecule has 7 nitrogen and oxygen atoms in total. The number of hydrogen-bond donors (Lipinski definition) is 0. The van der Waals surface area contributed by atoms with Crippen LogP contribution in [0.2, 0.25) is 0 Å². The summed E-state index contributed by atoms with van der Waals surface area (Å²) in [5.41, 5.74) is 1.82. The molecule has 0 atom stereocenters. The van der Waals surface area contributed by atoms with Gasteiger partial charge in [0.25, 0.3) is 0 Å². The van der Waals surface area contributed by atoms with Crippen molar-refractivity contribution < 1.29 is 9.53 Å². The zero-order valence-electron chi connectivity index (χ0n) is 19.3. The van der Waals surface area contributed by atoms with Gasteiger partial charge in [0.2, 0.25) is 0 Å². The molecule has 4 rings (SSSR count). The predicted octanol–water partition coefficient (Wildman–Crippen LogP) is 3.56. The Morgan fingerprint density at radius 2 is 1.75 bits per heavy atom. The fourth-order valence-corrected chi connectivity index (χ4v) is 5.65. The van der Waals surface area contributed by atoms with E-state index in [1.807, 2.05) is 36.0 Å². The Hall–Kier alpha value is -1.90.